The fourth-order valence-electron chi connectivity index (χ4n) is 6.28. The number of hydrogen-bond acceptors (Lipinski definition) is 8. The number of sulfonamides is 1. The zero-order chi connectivity index (χ0) is 34.5. The predicted octanol–water partition coefficient (Wildman–Crippen LogP) is 7.52. The van der Waals surface area contributed by atoms with E-state index in [4.69, 9.17) is 15.2 Å². The third-order valence-electron chi connectivity index (χ3n) is 8.90. The van der Waals surface area contributed by atoms with Gasteiger partial charge in [0.25, 0.3) is 0 Å². The highest BCUT2D eigenvalue weighted by Gasteiger charge is 2.42. The standard InChI is InChI=1S/C40H37N3O5S2/c41-33-12-4-5-13-35(33)49-26-34-37(29-8-2-1-3-9-29)39(31-19-17-28(25-44)18-20-31)48-40(47-34)32-21-15-27(16-22-32)24-43-50(45,46)36-14-6-10-30-11-7-23-42-38(30)36/h1-23,34,37,39-40,43-44H,24-26,41H2. The van der Waals surface area contributed by atoms with Crippen LogP contribution in [0.2, 0.25) is 0 Å². The Bertz CT molecular complexity index is 2160. The van der Waals surface area contributed by atoms with E-state index in [0.29, 0.717) is 11.3 Å². The van der Waals surface area contributed by atoms with Gasteiger partial charge in [0.15, 0.2) is 6.29 Å². The maximum atomic E-state index is 13.3. The molecule has 0 saturated carbocycles. The van der Waals surface area contributed by atoms with Crippen LogP contribution in [-0.2, 0) is 32.6 Å². The summed E-state index contributed by atoms with van der Waals surface area (Å²) in [6.45, 7) is 0.0602. The summed E-state index contributed by atoms with van der Waals surface area (Å²) in [4.78, 5) is 5.43. The van der Waals surface area contributed by atoms with Crippen molar-refractivity contribution in [2.45, 2.75) is 47.4 Å². The molecule has 4 atom stereocenters. The third-order valence-corrected chi connectivity index (χ3v) is 11.5. The molecule has 0 bridgehead atoms. The van der Waals surface area contributed by atoms with Crippen molar-refractivity contribution in [3.63, 3.8) is 0 Å². The van der Waals surface area contributed by atoms with E-state index in [1.54, 1.807) is 36.2 Å². The number of aromatic nitrogens is 1. The van der Waals surface area contributed by atoms with E-state index in [0.717, 1.165) is 43.8 Å². The van der Waals surface area contributed by atoms with Crippen LogP contribution in [0.15, 0.2) is 149 Å². The number of hydrogen-bond donors (Lipinski definition) is 3. The number of ether oxygens (including phenoxy) is 2. The van der Waals surface area contributed by atoms with Crippen LogP contribution in [-0.4, -0.2) is 30.4 Å². The first-order valence-electron chi connectivity index (χ1n) is 16.3. The molecular weight excluding hydrogens is 667 g/mol. The molecule has 0 radical (unpaired) electrons. The second-order valence-corrected chi connectivity index (χ2v) is 14.9. The zero-order valence-corrected chi connectivity index (χ0v) is 28.8. The van der Waals surface area contributed by atoms with Gasteiger partial charge in [-0.1, -0.05) is 109 Å². The Kier molecular flexibility index (Phi) is 10.3. The monoisotopic (exact) mass is 703 g/mol. The average molecular weight is 704 g/mol. The second-order valence-electron chi connectivity index (χ2n) is 12.1. The van der Waals surface area contributed by atoms with E-state index in [2.05, 4.69) is 21.8 Å². The first-order valence-corrected chi connectivity index (χ1v) is 18.8. The van der Waals surface area contributed by atoms with Gasteiger partial charge in [-0.2, -0.15) is 0 Å². The Balaban J connectivity index is 1.16. The van der Waals surface area contributed by atoms with Gasteiger partial charge in [-0.15, -0.1) is 11.8 Å². The highest BCUT2D eigenvalue weighted by atomic mass is 32.2. The highest BCUT2D eigenvalue weighted by Crippen LogP contribution is 2.48. The smallest absolute Gasteiger partial charge is 0.243 e. The molecule has 7 rings (SSSR count). The van der Waals surface area contributed by atoms with Gasteiger partial charge in [-0.3, -0.25) is 4.98 Å². The number of fused-ring (bicyclic) bond motifs is 1. The number of nitrogens with one attached hydrogen (secondary N) is 1. The van der Waals surface area contributed by atoms with Gasteiger partial charge in [-0.05, 0) is 46.5 Å². The predicted molar refractivity (Wildman–Crippen MR) is 197 cm³/mol. The van der Waals surface area contributed by atoms with Gasteiger partial charge in [0.1, 0.15) is 4.90 Å². The lowest BCUT2D eigenvalue weighted by Gasteiger charge is -2.43. The molecule has 8 nitrogen and oxygen atoms in total. The summed E-state index contributed by atoms with van der Waals surface area (Å²) < 4.78 is 43.0. The normalized spacial score (nSPS) is 19.4. The summed E-state index contributed by atoms with van der Waals surface area (Å²) in [6.07, 6.45) is 0.281. The van der Waals surface area contributed by atoms with Crippen molar-refractivity contribution in [3.8, 4) is 0 Å². The topological polar surface area (TPSA) is 124 Å². The van der Waals surface area contributed by atoms with Crippen LogP contribution in [0.4, 0.5) is 5.69 Å². The van der Waals surface area contributed by atoms with E-state index >= 15 is 0 Å². The lowest BCUT2D eigenvalue weighted by Crippen LogP contribution is -2.38. The number of nitrogens with two attached hydrogens (primary N) is 1. The number of nitrogen functional groups attached to an aromatic ring is 1. The van der Waals surface area contributed by atoms with Crippen LogP contribution in [0.1, 0.15) is 46.1 Å². The van der Waals surface area contributed by atoms with E-state index < -0.39 is 16.3 Å². The fraction of sp³-hybridized carbons (Fsp3) is 0.175. The average Bonchev–Trinajstić information content (AvgIpc) is 3.17. The van der Waals surface area contributed by atoms with Crippen LogP contribution in [0.3, 0.4) is 0 Å². The Morgan fingerprint density at radius 3 is 2.20 bits per heavy atom. The number of thioether (sulfide) groups is 1. The molecule has 5 aromatic carbocycles. The first kappa shape index (κ1) is 33.9. The second kappa shape index (κ2) is 15.1. The van der Waals surface area contributed by atoms with E-state index in [1.165, 1.54) is 0 Å². The van der Waals surface area contributed by atoms with E-state index in [9.17, 15) is 13.5 Å². The fourth-order valence-corrected chi connectivity index (χ4v) is 8.51. The van der Waals surface area contributed by atoms with Crippen LogP contribution in [0.25, 0.3) is 10.9 Å². The molecule has 1 aliphatic rings. The summed E-state index contributed by atoms with van der Waals surface area (Å²) in [6, 6.07) is 42.3. The molecule has 0 aliphatic carbocycles. The Hall–Kier alpha value is -4.55. The summed E-state index contributed by atoms with van der Waals surface area (Å²) in [7, 11) is -3.82. The molecule has 1 fully saturated rings. The third kappa shape index (κ3) is 7.46. The number of benzene rings is 5. The molecule has 1 aliphatic heterocycles. The van der Waals surface area contributed by atoms with Crippen molar-refractivity contribution < 1.29 is 23.0 Å². The molecule has 0 spiro atoms. The molecule has 50 heavy (non-hydrogen) atoms. The van der Waals surface area contributed by atoms with Gasteiger partial charge in [-0.25, -0.2) is 13.1 Å². The minimum absolute atomic E-state index is 0.0429. The molecule has 4 N–H and O–H groups in total. The molecule has 2 heterocycles. The van der Waals surface area contributed by atoms with Crippen molar-refractivity contribution in [3.05, 3.63) is 167 Å². The lowest BCUT2D eigenvalue weighted by atomic mass is 9.84. The number of pyridine rings is 1. The summed E-state index contributed by atoms with van der Waals surface area (Å²) in [5, 5.41) is 10.5. The highest BCUT2D eigenvalue weighted by molar-refractivity contribution is 7.99. The van der Waals surface area contributed by atoms with E-state index in [-0.39, 0.29) is 36.2 Å². The number of nitrogens with zero attached hydrogens (tertiary/aromatic N) is 1. The van der Waals surface area contributed by atoms with Gasteiger partial charge in [0, 0.05) is 45.9 Å². The molecule has 1 saturated heterocycles. The Labute approximate surface area is 296 Å². The molecule has 0 amide bonds. The largest absolute Gasteiger partial charge is 0.398 e. The first-order chi connectivity index (χ1) is 24.4. The Morgan fingerprint density at radius 1 is 0.740 bits per heavy atom. The van der Waals surface area contributed by atoms with Crippen molar-refractivity contribution in [1.82, 2.24) is 9.71 Å². The Morgan fingerprint density at radius 2 is 1.44 bits per heavy atom. The SMILES string of the molecule is Nc1ccccc1SCC1OC(c2ccc(CNS(=O)(=O)c3cccc4cccnc34)cc2)OC(c2ccc(CO)cc2)C1c1ccccc1. The van der Waals surface area contributed by atoms with Crippen LogP contribution >= 0.6 is 11.8 Å². The van der Waals surface area contributed by atoms with E-state index in [1.807, 2.05) is 103 Å². The van der Waals surface area contributed by atoms with Gasteiger partial charge >= 0.3 is 0 Å². The van der Waals surface area contributed by atoms with Gasteiger partial charge in [0.05, 0.1) is 24.3 Å². The van der Waals surface area contributed by atoms with Gasteiger partial charge in [0.2, 0.25) is 10.0 Å². The number of para-hydroxylation sites is 2. The molecule has 4 unspecified atom stereocenters. The maximum absolute atomic E-state index is 13.3. The number of anilines is 1. The lowest BCUT2D eigenvalue weighted by molar-refractivity contribution is -0.255. The van der Waals surface area contributed by atoms with Crippen LogP contribution in [0.5, 0.6) is 0 Å². The molecule has 254 valence electrons. The minimum atomic E-state index is -3.82. The summed E-state index contributed by atoms with van der Waals surface area (Å²) in [5.41, 5.74) is 12.0. The molecule has 10 heteroatoms. The number of rotatable bonds is 11. The zero-order valence-electron chi connectivity index (χ0n) is 27.1. The van der Waals surface area contributed by atoms with Crippen molar-refractivity contribution in [1.29, 1.82) is 0 Å². The van der Waals surface area contributed by atoms with Crippen molar-refractivity contribution in [2.75, 3.05) is 11.5 Å². The molecular formula is C40H37N3O5S2. The van der Waals surface area contributed by atoms with Crippen molar-refractivity contribution >= 4 is 38.4 Å². The van der Waals surface area contributed by atoms with Crippen molar-refractivity contribution in [2.24, 2.45) is 0 Å². The van der Waals surface area contributed by atoms with Gasteiger partial charge < -0.3 is 20.3 Å². The molecule has 1 aromatic heterocycles. The van der Waals surface area contributed by atoms with Crippen LogP contribution < -0.4 is 10.5 Å². The summed E-state index contributed by atoms with van der Waals surface area (Å²) in [5.74, 6) is 0.490. The summed E-state index contributed by atoms with van der Waals surface area (Å²) >= 11 is 1.65. The number of aliphatic hydroxyl groups excluding tert-OH is 1. The quantitative estimate of drug-likeness (QED) is 0.0936. The van der Waals surface area contributed by atoms with Crippen LogP contribution in [0, 0.1) is 0 Å². The molecule has 6 aromatic rings. The minimum Gasteiger partial charge on any atom is -0.398 e. The maximum Gasteiger partial charge on any atom is 0.243 e. The number of aliphatic hydroxyl groups is 1.